The maximum atomic E-state index is 13.8. The molecular weight excluding hydrogens is 191 g/mol. The third-order valence-electron chi connectivity index (χ3n) is 3.20. The van der Waals surface area contributed by atoms with Crippen molar-refractivity contribution in [3.63, 3.8) is 0 Å². The lowest BCUT2D eigenvalue weighted by Gasteiger charge is -2.28. The summed E-state index contributed by atoms with van der Waals surface area (Å²) in [6, 6.07) is 6.89. The van der Waals surface area contributed by atoms with Gasteiger partial charge in [0.1, 0.15) is 6.17 Å². The van der Waals surface area contributed by atoms with E-state index in [1.165, 1.54) is 6.92 Å². The second kappa shape index (κ2) is 4.13. The molecule has 1 saturated carbocycles. The molecule has 1 atom stereocenters. The maximum absolute atomic E-state index is 13.8. The number of Topliss-reactive ketones (excluding diaryl/α,β-unsaturated/α-hetero) is 1. The Morgan fingerprint density at radius 3 is 2.33 bits per heavy atom. The van der Waals surface area contributed by atoms with E-state index in [9.17, 15) is 9.18 Å². The Morgan fingerprint density at radius 2 is 1.93 bits per heavy atom. The van der Waals surface area contributed by atoms with E-state index in [4.69, 9.17) is 0 Å². The third-order valence-corrected chi connectivity index (χ3v) is 3.20. The van der Waals surface area contributed by atoms with Gasteiger partial charge < -0.3 is 0 Å². The molecule has 2 rings (SSSR count). The van der Waals surface area contributed by atoms with Crippen LogP contribution in [0.4, 0.5) is 4.39 Å². The minimum Gasteiger partial charge on any atom is -0.295 e. The van der Waals surface area contributed by atoms with Gasteiger partial charge in [-0.2, -0.15) is 0 Å². The third kappa shape index (κ3) is 2.09. The zero-order valence-corrected chi connectivity index (χ0v) is 8.87. The smallest absolute Gasteiger partial charge is 0.159 e. The summed E-state index contributed by atoms with van der Waals surface area (Å²) in [5, 5.41) is 0. The standard InChI is InChI=1S/C13H15FO/c1-9(15)10-5-7-12(8-6-10)13(14)11-3-2-4-11/h5-8,11,13H,2-4H2,1H3. The topological polar surface area (TPSA) is 17.1 Å². The Morgan fingerprint density at radius 1 is 1.33 bits per heavy atom. The Balaban J connectivity index is 2.11. The number of benzene rings is 1. The molecule has 0 saturated heterocycles. The van der Waals surface area contributed by atoms with Crippen molar-refractivity contribution in [2.45, 2.75) is 32.4 Å². The van der Waals surface area contributed by atoms with Crippen molar-refractivity contribution in [2.75, 3.05) is 0 Å². The zero-order valence-electron chi connectivity index (χ0n) is 8.87. The van der Waals surface area contributed by atoms with E-state index in [1.54, 1.807) is 24.3 Å². The van der Waals surface area contributed by atoms with E-state index in [0.29, 0.717) is 11.1 Å². The molecule has 15 heavy (non-hydrogen) atoms. The lowest BCUT2D eigenvalue weighted by molar-refractivity contribution is 0.101. The van der Waals surface area contributed by atoms with Gasteiger partial charge in [0.25, 0.3) is 0 Å². The van der Waals surface area contributed by atoms with Crippen molar-refractivity contribution in [3.8, 4) is 0 Å². The van der Waals surface area contributed by atoms with Crippen molar-refractivity contribution in [3.05, 3.63) is 35.4 Å². The monoisotopic (exact) mass is 206 g/mol. The average Bonchev–Trinajstić information content (AvgIpc) is 2.15. The van der Waals surface area contributed by atoms with Gasteiger partial charge in [0.2, 0.25) is 0 Å². The summed E-state index contributed by atoms with van der Waals surface area (Å²) < 4.78 is 13.8. The molecule has 0 spiro atoms. The number of alkyl halides is 1. The van der Waals surface area contributed by atoms with Gasteiger partial charge in [0.05, 0.1) is 0 Å². The summed E-state index contributed by atoms with van der Waals surface area (Å²) in [5.74, 6) is 0.230. The molecule has 0 aliphatic heterocycles. The van der Waals surface area contributed by atoms with Crippen LogP contribution in [-0.4, -0.2) is 5.78 Å². The van der Waals surface area contributed by atoms with Gasteiger partial charge in [-0.15, -0.1) is 0 Å². The van der Waals surface area contributed by atoms with Crippen LogP contribution >= 0.6 is 0 Å². The predicted octanol–water partition coefficient (Wildman–Crippen LogP) is 3.70. The van der Waals surface area contributed by atoms with E-state index in [0.717, 1.165) is 19.3 Å². The highest BCUT2D eigenvalue weighted by molar-refractivity contribution is 5.94. The number of rotatable bonds is 3. The number of ketones is 1. The molecule has 1 aromatic rings. The van der Waals surface area contributed by atoms with Gasteiger partial charge in [-0.25, -0.2) is 4.39 Å². The van der Waals surface area contributed by atoms with Gasteiger partial charge in [-0.1, -0.05) is 30.7 Å². The van der Waals surface area contributed by atoms with Crippen LogP contribution in [0.25, 0.3) is 0 Å². The quantitative estimate of drug-likeness (QED) is 0.689. The average molecular weight is 206 g/mol. The first kappa shape index (κ1) is 10.3. The molecule has 1 nitrogen and oxygen atoms in total. The molecule has 1 aliphatic carbocycles. The molecule has 1 aliphatic rings. The molecule has 0 N–H and O–H groups in total. The van der Waals surface area contributed by atoms with Crippen molar-refractivity contribution in [1.29, 1.82) is 0 Å². The van der Waals surface area contributed by atoms with Crippen molar-refractivity contribution >= 4 is 5.78 Å². The van der Waals surface area contributed by atoms with Crippen molar-refractivity contribution in [1.82, 2.24) is 0 Å². The van der Waals surface area contributed by atoms with Crippen LogP contribution in [0.2, 0.25) is 0 Å². The van der Waals surface area contributed by atoms with Crippen LogP contribution in [0.5, 0.6) is 0 Å². The highest BCUT2D eigenvalue weighted by atomic mass is 19.1. The van der Waals surface area contributed by atoms with Crippen molar-refractivity contribution < 1.29 is 9.18 Å². The predicted molar refractivity (Wildman–Crippen MR) is 57.6 cm³/mol. The van der Waals surface area contributed by atoms with Gasteiger partial charge in [0, 0.05) is 5.56 Å². The minimum atomic E-state index is -0.847. The molecule has 1 unspecified atom stereocenters. The molecule has 1 aromatic carbocycles. The minimum absolute atomic E-state index is 0.0283. The summed E-state index contributed by atoms with van der Waals surface area (Å²) >= 11 is 0. The summed E-state index contributed by atoms with van der Waals surface area (Å²) in [7, 11) is 0. The maximum Gasteiger partial charge on any atom is 0.159 e. The lowest BCUT2D eigenvalue weighted by Crippen LogP contribution is -2.17. The van der Waals surface area contributed by atoms with Crippen LogP contribution in [-0.2, 0) is 0 Å². The summed E-state index contributed by atoms with van der Waals surface area (Å²) in [6.45, 7) is 1.52. The second-order valence-electron chi connectivity index (χ2n) is 4.27. The fourth-order valence-corrected chi connectivity index (χ4v) is 1.91. The Labute approximate surface area is 89.3 Å². The first-order valence-electron chi connectivity index (χ1n) is 5.43. The Hall–Kier alpha value is -1.18. The first-order chi connectivity index (χ1) is 7.18. The molecule has 0 radical (unpaired) electrons. The molecule has 0 aromatic heterocycles. The number of hydrogen-bond donors (Lipinski definition) is 0. The van der Waals surface area contributed by atoms with E-state index in [-0.39, 0.29) is 11.7 Å². The van der Waals surface area contributed by atoms with Crippen LogP contribution in [0.15, 0.2) is 24.3 Å². The SMILES string of the molecule is CC(=O)c1ccc(C(F)C2CCC2)cc1. The molecular formula is C13H15FO. The van der Waals surface area contributed by atoms with Crippen molar-refractivity contribution in [2.24, 2.45) is 5.92 Å². The first-order valence-corrected chi connectivity index (χ1v) is 5.43. The fourth-order valence-electron chi connectivity index (χ4n) is 1.91. The van der Waals surface area contributed by atoms with E-state index >= 15 is 0 Å². The number of halogens is 1. The highest BCUT2D eigenvalue weighted by Crippen LogP contribution is 2.40. The van der Waals surface area contributed by atoms with Gasteiger partial charge >= 0.3 is 0 Å². The lowest BCUT2D eigenvalue weighted by atomic mass is 9.79. The van der Waals surface area contributed by atoms with E-state index in [1.807, 2.05) is 0 Å². The van der Waals surface area contributed by atoms with Crippen LogP contribution in [0.1, 0.15) is 48.3 Å². The summed E-state index contributed by atoms with van der Waals surface area (Å²) in [6.07, 6.45) is 2.29. The normalized spacial score (nSPS) is 18.3. The largest absolute Gasteiger partial charge is 0.295 e. The number of carbonyl (C=O) groups is 1. The van der Waals surface area contributed by atoms with Gasteiger partial charge in [-0.3, -0.25) is 4.79 Å². The van der Waals surface area contributed by atoms with Gasteiger partial charge in [0.15, 0.2) is 5.78 Å². The molecule has 0 heterocycles. The summed E-state index contributed by atoms with van der Waals surface area (Å²) in [4.78, 5) is 11.0. The second-order valence-corrected chi connectivity index (χ2v) is 4.27. The Kier molecular flexibility index (Phi) is 2.85. The highest BCUT2D eigenvalue weighted by Gasteiger charge is 2.28. The molecule has 1 fully saturated rings. The van der Waals surface area contributed by atoms with Gasteiger partial charge in [-0.05, 0) is 31.2 Å². The molecule has 0 bridgehead atoms. The fraction of sp³-hybridized carbons (Fsp3) is 0.462. The van der Waals surface area contributed by atoms with E-state index in [2.05, 4.69) is 0 Å². The molecule has 2 heteroatoms. The number of hydrogen-bond acceptors (Lipinski definition) is 1. The zero-order chi connectivity index (χ0) is 10.8. The van der Waals surface area contributed by atoms with Crippen LogP contribution < -0.4 is 0 Å². The Bertz CT molecular complexity index is 351. The van der Waals surface area contributed by atoms with E-state index < -0.39 is 6.17 Å². The van der Waals surface area contributed by atoms with Crippen LogP contribution in [0.3, 0.4) is 0 Å². The summed E-state index contributed by atoms with van der Waals surface area (Å²) in [5.41, 5.74) is 1.37. The van der Waals surface area contributed by atoms with Crippen LogP contribution in [0, 0.1) is 5.92 Å². The number of carbonyl (C=O) groups excluding carboxylic acids is 1. The molecule has 0 amide bonds. The molecule has 80 valence electrons.